The molecule has 0 aliphatic carbocycles. The van der Waals surface area contributed by atoms with Gasteiger partial charge in [-0.1, -0.05) is 0 Å². The molecule has 0 fully saturated rings. The van der Waals surface area contributed by atoms with Crippen LogP contribution in [0.4, 0.5) is 26.3 Å². The molecule has 2 aromatic rings. The van der Waals surface area contributed by atoms with Crippen LogP contribution in [0.2, 0.25) is 0 Å². The molecule has 2 rings (SSSR count). The predicted molar refractivity (Wildman–Crippen MR) is 106 cm³/mol. The lowest BCUT2D eigenvalue weighted by atomic mass is 10.1. The summed E-state index contributed by atoms with van der Waals surface area (Å²) < 4.78 is 87.9. The molecular weight excluding hydrogens is 426 g/mol. The number of ether oxygens (including phenoxy) is 2. The second-order valence-corrected chi connectivity index (χ2v) is 6.24. The van der Waals surface area contributed by atoms with Gasteiger partial charge in [-0.25, -0.2) is 0 Å². The highest BCUT2D eigenvalue weighted by molar-refractivity contribution is 6.05. The number of rotatable bonds is 8. The minimum atomic E-state index is -4.54. The van der Waals surface area contributed by atoms with E-state index in [0.717, 1.165) is 14.1 Å². The Kier molecular flexibility index (Phi) is 8.07. The summed E-state index contributed by atoms with van der Waals surface area (Å²) in [5.41, 5.74) is -2.05. The van der Waals surface area contributed by atoms with E-state index in [9.17, 15) is 26.3 Å². The average Bonchev–Trinajstić information content (AvgIpc) is 2.69. The zero-order valence-corrected chi connectivity index (χ0v) is 16.7. The van der Waals surface area contributed by atoms with Gasteiger partial charge in [-0.2, -0.15) is 26.3 Å². The Morgan fingerprint density at radius 1 is 0.645 bits per heavy atom. The fraction of sp³-hybridized carbons (Fsp3) is 0.333. The third-order valence-electron chi connectivity index (χ3n) is 4.07. The molecule has 0 amide bonds. The topological polar surface area (TPSA) is 43.2 Å². The summed E-state index contributed by atoms with van der Waals surface area (Å²) in [5.74, 6) is 0.786. The molecule has 0 saturated heterocycles. The van der Waals surface area contributed by atoms with Crippen LogP contribution in [0.15, 0.2) is 58.5 Å². The standard InChI is InChI=1S/C21H20F6N2O2/c1-28-18(20(22,23)24)14-4-8-16(9-5-14)30-12-3-13-31-17-10-6-15(7-11-17)19(29-2)21(25,26)27/h4-11H,3,12-13H2,1-2H3. The molecule has 0 N–H and O–H groups in total. The van der Waals surface area contributed by atoms with E-state index < -0.39 is 23.8 Å². The first-order chi connectivity index (χ1) is 14.6. The zero-order valence-electron chi connectivity index (χ0n) is 16.7. The summed E-state index contributed by atoms with van der Waals surface area (Å²) in [6.45, 7) is 0.484. The third kappa shape index (κ3) is 7.01. The Bertz CT molecular complexity index is 826. The monoisotopic (exact) mass is 446 g/mol. The second-order valence-electron chi connectivity index (χ2n) is 6.24. The lowest BCUT2D eigenvalue weighted by Crippen LogP contribution is -2.23. The maximum absolute atomic E-state index is 12.8. The fourth-order valence-electron chi connectivity index (χ4n) is 2.70. The summed E-state index contributed by atoms with van der Waals surface area (Å²) in [5, 5.41) is 0. The van der Waals surface area contributed by atoms with Crippen LogP contribution in [0, 0.1) is 0 Å². The van der Waals surface area contributed by atoms with Crippen molar-refractivity contribution >= 4 is 11.4 Å². The van der Waals surface area contributed by atoms with Crippen molar-refractivity contribution < 1.29 is 35.8 Å². The summed E-state index contributed by atoms with van der Waals surface area (Å²) in [7, 11) is 2.15. The van der Waals surface area contributed by atoms with E-state index in [-0.39, 0.29) is 24.3 Å². The maximum Gasteiger partial charge on any atom is 0.433 e. The molecule has 4 nitrogen and oxygen atoms in total. The van der Waals surface area contributed by atoms with Gasteiger partial charge in [0, 0.05) is 31.6 Å². The van der Waals surface area contributed by atoms with Crippen molar-refractivity contribution in [2.75, 3.05) is 27.3 Å². The normalized spacial score (nSPS) is 13.3. The van der Waals surface area contributed by atoms with E-state index in [2.05, 4.69) is 9.98 Å². The minimum Gasteiger partial charge on any atom is -0.493 e. The molecule has 0 aliphatic heterocycles. The summed E-state index contributed by atoms with van der Waals surface area (Å²) in [6, 6.07) is 10.8. The predicted octanol–water partition coefficient (Wildman–Crippen LogP) is 5.50. The van der Waals surface area contributed by atoms with Crippen LogP contribution in [0.3, 0.4) is 0 Å². The molecule has 0 aliphatic rings. The van der Waals surface area contributed by atoms with Crippen molar-refractivity contribution in [2.45, 2.75) is 18.8 Å². The second kappa shape index (κ2) is 10.3. The van der Waals surface area contributed by atoms with Crippen LogP contribution < -0.4 is 9.47 Å². The van der Waals surface area contributed by atoms with Gasteiger partial charge in [0.25, 0.3) is 0 Å². The third-order valence-corrected chi connectivity index (χ3v) is 4.07. The van der Waals surface area contributed by atoms with E-state index in [1.54, 1.807) is 0 Å². The van der Waals surface area contributed by atoms with Crippen LogP contribution in [0.5, 0.6) is 11.5 Å². The van der Waals surface area contributed by atoms with E-state index in [4.69, 9.17) is 9.47 Å². The highest BCUT2D eigenvalue weighted by atomic mass is 19.4. The Hall–Kier alpha value is -3.04. The molecule has 10 heteroatoms. The van der Waals surface area contributed by atoms with E-state index in [0.29, 0.717) is 17.9 Å². The number of hydrogen-bond donors (Lipinski definition) is 0. The maximum atomic E-state index is 12.8. The molecule has 0 bridgehead atoms. The molecule has 0 aromatic heterocycles. The molecule has 31 heavy (non-hydrogen) atoms. The van der Waals surface area contributed by atoms with Crippen LogP contribution in [-0.2, 0) is 0 Å². The Morgan fingerprint density at radius 3 is 1.23 bits per heavy atom. The molecule has 0 atom stereocenters. The van der Waals surface area contributed by atoms with Crippen molar-refractivity contribution in [1.29, 1.82) is 0 Å². The van der Waals surface area contributed by atoms with Crippen molar-refractivity contribution in [3.05, 3.63) is 59.7 Å². The zero-order chi connectivity index (χ0) is 23.1. The van der Waals surface area contributed by atoms with Crippen LogP contribution >= 0.6 is 0 Å². The minimum absolute atomic E-state index is 0.0593. The van der Waals surface area contributed by atoms with Gasteiger partial charge in [0.1, 0.15) is 22.9 Å². The van der Waals surface area contributed by atoms with Gasteiger partial charge < -0.3 is 9.47 Å². The molecule has 168 valence electrons. The fourth-order valence-corrected chi connectivity index (χ4v) is 2.70. The van der Waals surface area contributed by atoms with E-state index in [1.165, 1.54) is 48.5 Å². The Balaban J connectivity index is 1.80. The number of halogens is 6. The Labute approximate surface area is 175 Å². The van der Waals surface area contributed by atoms with E-state index >= 15 is 0 Å². The summed E-state index contributed by atoms with van der Waals surface area (Å²) in [6.07, 6.45) is -8.62. The van der Waals surface area contributed by atoms with Crippen molar-refractivity contribution in [1.82, 2.24) is 0 Å². The molecule has 0 spiro atoms. The first kappa shape index (κ1) is 24.2. The van der Waals surface area contributed by atoms with Crippen molar-refractivity contribution in [3.8, 4) is 11.5 Å². The number of hydrogen-bond acceptors (Lipinski definition) is 4. The molecule has 0 saturated carbocycles. The van der Waals surface area contributed by atoms with Gasteiger partial charge in [0.05, 0.1) is 13.2 Å². The van der Waals surface area contributed by atoms with Gasteiger partial charge in [0.2, 0.25) is 0 Å². The highest BCUT2D eigenvalue weighted by Gasteiger charge is 2.36. The van der Waals surface area contributed by atoms with E-state index in [1.807, 2.05) is 0 Å². The van der Waals surface area contributed by atoms with Gasteiger partial charge in [-0.3, -0.25) is 9.98 Å². The molecule has 0 radical (unpaired) electrons. The molecular formula is C21H20F6N2O2. The first-order valence-electron chi connectivity index (χ1n) is 9.10. The summed E-state index contributed by atoms with van der Waals surface area (Å²) >= 11 is 0. The van der Waals surface area contributed by atoms with Crippen molar-refractivity contribution in [3.63, 3.8) is 0 Å². The molecule has 2 aromatic carbocycles. The SMILES string of the molecule is CN=C(c1ccc(OCCCOc2ccc(C(=NC)C(F)(F)F)cc2)cc1)C(F)(F)F. The molecule has 0 heterocycles. The lowest BCUT2D eigenvalue weighted by Gasteiger charge is -2.12. The van der Waals surface area contributed by atoms with Gasteiger partial charge in [-0.05, 0) is 48.5 Å². The number of benzene rings is 2. The average molecular weight is 446 g/mol. The Morgan fingerprint density at radius 2 is 0.968 bits per heavy atom. The number of aliphatic imine (C=N–C) groups is 2. The highest BCUT2D eigenvalue weighted by Crippen LogP contribution is 2.25. The van der Waals surface area contributed by atoms with Gasteiger partial charge in [0.15, 0.2) is 0 Å². The van der Waals surface area contributed by atoms with Crippen LogP contribution in [0.1, 0.15) is 17.5 Å². The molecule has 0 unspecified atom stereocenters. The van der Waals surface area contributed by atoms with Crippen LogP contribution in [0.25, 0.3) is 0 Å². The van der Waals surface area contributed by atoms with Gasteiger partial charge in [-0.15, -0.1) is 0 Å². The smallest absolute Gasteiger partial charge is 0.433 e. The largest absolute Gasteiger partial charge is 0.493 e. The number of nitrogens with zero attached hydrogens (tertiary/aromatic N) is 2. The number of alkyl halides is 6. The van der Waals surface area contributed by atoms with Crippen LogP contribution in [-0.4, -0.2) is 51.1 Å². The summed E-state index contributed by atoms with van der Waals surface area (Å²) in [4.78, 5) is 6.56. The first-order valence-corrected chi connectivity index (χ1v) is 9.10. The van der Waals surface area contributed by atoms with Gasteiger partial charge >= 0.3 is 12.4 Å². The lowest BCUT2D eigenvalue weighted by molar-refractivity contribution is -0.0590. The quantitative estimate of drug-likeness (QED) is 0.306. The van der Waals surface area contributed by atoms with Crippen molar-refractivity contribution in [2.24, 2.45) is 9.98 Å².